The maximum Gasteiger partial charge on any atom is 0.150 e. The van der Waals surface area contributed by atoms with Gasteiger partial charge in [0, 0.05) is 20.1 Å². The Balaban J connectivity index is 2.27. The fourth-order valence-electron chi connectivity index (χ4n) is 2.19. The lowest BCUT2D eigenvalue weighted by atomic mass is 10.2. The Labute approximate surface area is 112 Å². The molecule has 0 unspecified atom stereocenters. The van der Waals surface area contributed by atoms with Crippen LogP contribution in [0.5, 0.6) is 0 Å². The summed E-state index contributed by atoms with van der Waals surface area (Å²) < 4.78 is 15.1. The normalized spacial score (nSPS) is 10.7. The van der Waals surface area contributed by atoms with Crippen LogP contribution in [0, 0.1) is 12.7 Å². The molecular formula is C14H19FN4. The molecule has 0 saturated heterocycles. The molecular weight excluding hydrogens is 243 g/mol. The lowest BCUT2D eigenvalue weighted by molar-refractivity contribution is 0.622. The molecule has 1 aromatic heterocycles. The highest BCUT2D eigenvalue weighted by atomic mass is 19.1. The number of rotatable bonds is 4. The van der Waals surface area contributed by atoms with Gasteiger partial charge in [-0.3, -0.25) is 0 Å². The average molecular weight is 262 g/mol. The van der Waals surface area contributed by atoms with E-state index in [-0.39, 0.29) is 5.82 Å². The minimum atomic E-state index is -0.223. The summed E-state index contributed by atoms with van der Waals surface area (Å²) >= 11 is 0. The van der Waals surface area contributed by atoms with Crippen LogP contribution in [0.2, 0.25) is 0 Å². The van der Waals surface area contributed by atoms with Crippen LogP contribution in [0.3, 0.4) is 0 Å². The van der Waals surface area contributed by atoms with Crippen LogP contribution in [-0.4, -0.2) is 16.8 Å². The third kappa shape index (κ3) is 2.70. The zero-order chi connectivity index (χ0) is 14.0. The van der Waals surface area contributed by atoms with E-state index in [2.05, 4.69) is 5.10 Å². The zero-order valence-corrected chi connectivity index (χ0v) is 11.5. The molecule has 102 valence electrons. The average Bonchev–Trinajstić information content (AvgIpc) is 2.65. The van der Waals surface area contributed by atoms with Gasteiger partial charge < -0.3 is 10.6 Å². The number of hydrogen-bond acceptors (Lipinski definition) is 3. The summed E-state index contributed by atoms with van der Waals surface area (Å²) in [6.07, 6.45) is 0. The number of hydrogen-bond donors (Lipinski definition) is 1. The van der Waals surface area contributed by atoms with E-state index in [1.54, 1.807) is 6.07 Å². The molecule has 0 aliphatic rings. The lowest BCUT2D eigenvalue weighted by Crippen LogP contribution is -2.21. The van der Waals surface area contributed by atoms with E-state index in [1.165, 1.54) is 12.1 Å². The predicted molar refractivity (Wildman–Crippen MR) is 75.6 cm³/mol. The summed E-state index contributed by atoms with van der Waals surface area (Å²) in [5, 5.41) is 4.38. The molecule has 19 heavy (non-hydrogen) atoms. The van der Waals surface area contributed by atoms with E-state index in [4.69, 9.17) is 5.73 Å². The van der Waals surface area contributed by atoms with Crippen molar-refractivity contribution in [1.29, 1.82) is 0 Å². The molecule has 0 amide bonds. The number of anilines is 2. The Morgan fingerprint density at radius 3 is 2.79 bits per heavy atom. The number of nitrogen functional groups attached to an aromatic ring is 1. The van der Waals surface area contributed by atoms with Crippen molar-refractivity contribution >= 4 is 11.5 Å². The topological polar surface area (TPSA) is 47.1 Å². The fourth-order valence-corrected chi connectivity index (χ4v) is 2.19. The number of benzene rings is 1. The molecule has 5 heteroatoms. The second-order valence-corrected chi connectivity index (χ2v) is 4.62. The van der Waals surface area contributed by atoms with Crippen LogP contribution in [0.25, 0.3) is 0 Å². The lowest BCUT2D eigenvalue weighted by Gasteiger charge is -2.21. The summed E-state index contributed by atoms with van der Waals surface area (Å²) in [6, 6.07) is 6.59. The van der Waals surface area contributed by atoms with Crippen LogP contribution in [0.15, 0.2) is 24.3 Å². The fraction of sp³-hybridized carbons (Fsp3) is 0.357. The predicted octanol–water partition coefficient (Wildman–Crippen LogP) is 2.57. The molecule has 0 bridgehead atoms. The minimum Gasteiger partial charge on any atom is -0.394 e. The van der Waals surface area contributed by atoms with Gasteiger partial charge in [-0.2, -0.15) is 5.10 Å². The van der Waals surface area contributed by atoms with E-state index >= 15 is 0 Å². The molecule has 1 heterocycles. The van der Waals surface area contributed by atoms with Gasteiger partial charge >= 0.3 is 0 Å². The highest BCUT2D eigenvalue weighted by Gasteiger charge is 2.15. The van der Waals surface area contributed by atoms with E-state index in [9.17, 15) is 4.39 Å². The smallest absolute Gasteiger partial charge is 0.150 e. The highest BCUT2D eigenvalue weighted by molar-refractivity contribution is 5.66. The molecule has 2 aromatic rings. The Bertz CT molecular complexity index is 577. The standard InChI is InChI=1S/C14H19FN4/c1-4-19-14(13(16)10(2)17-19)18(3)9-11-6-5-7-12(15)8-11/h5-8H,4,9,16H2,1-3H3. The van der Waals surface area contributed by atoms with Crippen molar-refractivity contribution in [2.45, 2.75) is 26.9 Å². The van der Waals surface area contributed by atoms with E-state index < -0.39 is 0 Å². The number of halogens is 1. The minimum absolute atomic E-state index is 0.223. The molecule has 2 rings (SSSR count). The summed E-state index contributed by atoms with van der Waals surface area (Å²) in [4.78, 5) is 1.99. The molecule has 0 atom stereocenters. The molecule has 1 aromatic carbocycles. The SMILES string of the molecule is CCn1nc(C)c(N)c1N(C)Cc1cccc(F)c1. The van der Waals surface area contributed by atoms with Gasteiger partial charge in [0.1, 0.15) is 5.82 Å². The number of nitrogens with zero attached hydrogens (tertiary/aromatic N) is 3. The summed E-state index contributed by atoms with van der Waals surface area (Å²) in [6.45, 7) is 5.25. The van der Waals surface area contributed by atoms with Crippen molar-refractivity contribution < 1.29 is 4.39 Å². The molecule has 0 spiro atoms. The van der Waals surface area contributed by atoms with Crippen LogP contribution in [0.1, 0.15) is 18.2 Å². The zero-order valence-electron chi connectivity index (χ0n) is 11.5. The van der Waals surface area contributed by atoms with Crippen molar-refractivity contribution in [2.24, 2.45) is 0 Å². The van der Waals surface area contributed by atoms with Crippen molar-refractivity contribution in [3.8, 4) is 0 Å². The Morgan fingerprint density at radius 2 is 2.16 bits per heavy atom. The van der Waals surface area contributed by atoms with E-state index in [1.807, 2.05) is 36.5 Å². The Kier molecular flexibility index (Phi) is 3.74. The molecule has 0 saturated carbocycles. The van der Waals surface area contributed by atoms with Gasteiger partial charge in [0.2, 0.25) is 0 Å². The van der Waals surface area contributed by atoms with Crippen LogP contribution >= 0.6 is 0 Å². The van der Waals surface area contributed by atoms with Crippen molar-refractivity contribution in [1.82, 2.24) is 9.78 Å². The van der Waals surface area contributed by atoms with Gasteiger partial charge in [0.25, 0.3) is 0 Å². The van der Waals surface area contributed by atoms with Gasteiger partial charge in [-0.1, -0.05) is 12.1 Å². The van der Waals surface area contributed by atoms with Crippen molar-refractivity contribution in [3.05, 3.63) is 41.3 Å². The molecule has 0 radical (unpaired) electrons. The van der Waals surface area contributed by atoms with Crippen LogP contribution < -0.4 is 10.6 Å². The largest absolute Gasteiger partial charge is 0.394 e. The van der Waals surface area contributed by atoms with Gasteiger partial charge in [0.05, 0.1) is 11.4 Å². The van der Waals surface area contributed by atoms with Gasteiger partial charge in [-0.05, 0) is 31.5 Å². The maximum atomic E-state index is 13.2. The van der Waals surface area contributed by atoms with Crippen LogP contribution in [0.4, 0.5) is 15.9 Å². The molecule has 0 aliphatic heterocycles. The monoisotopic (exact) mass is 262 g/mol. The summed E-state index contributed by atoms with van der Waals surface area (Å²) in [7, 11) is 1.93. The van der Waals surface area contributed by atoms with Gasteiger partial charge in [-0.25, -0.2) is 9.07 Å². The Morgan fingerprint density at radius 1 is 1.42 bits per heavy atom. The third-order valence-electron chi connectivity index (χ3n) is 3.12. The van der Waals surface area contributed by atoms with Gasteiger partial charge in [-0.15, -0.1) is 0 Å². The van der Waals surface area contributed by atoms with Gasteiger partial charge in [0.15, 0.2) is 5.82 Å². The molecule has 2 N–H and O–H groups in total. The maximum absolute atomic E-state index is 13.2. The second kappa shape index (κ2) is 5.30. The third-order valence-corrected chi connectivity index (χ3v) is 3.12. The summed E-state index contributed by atoms with van der Waals surface area (Å²) in [5.41, 5.74) is 8.47. The van der Waals surface area contributed by atoms with Crippen molar-refractivity contribution in [3.63, 3.8) is 0 Å². The van der Waals surface area contributed by atoms with Crippen molar-refractivity contribution in [2.75, 3.05) is 17.7 Å². The molecule has 4 nitrogen and oxygen atoms in total. The van der Waals surface area contributed by atoms with E-state index in [0.717, 1.165) is 23.6 Å². The van der Waals surface area contributed by atoms with Crippen LogP contribution in [-0.2, 0) is 13.1 Å². The second-order valence-electron chi connectivity index (χ2n) is 4.62. The highest BCUT2D eigenvalue weighted by Crippen LogP contribution is 2.26. The quantitative estimate of drug-likeness (QED) is 0.921. The first-order valence-electron chi connectivity index (χ1n) is 6.31. The summed E-state index contributed by atoms with van der Waals surface area (Å²) in [5.74, 6) is 0.656. The van der Waals surface area contributed by atoms with E-state index in [0.29, 0.717) is 12.2 Å². The first-order valence-corrected chi connectivity index (χ1v) is 6.31. The first-order chi connectivity index (χ1) is 9.02. The first kappa shape index (κ1) is 13.4. The number of nitrogens with two attached hydrogens (primary N) is 1. The number of aryl methyl sites for hydroxylation is 2. The molecule has 0 aliphatic carbocycles. The Hall–Kier alpha value is -2.04. The number of aromatic nitrogens is 2. The molecule has 0 fully saturated rings.